The number of aromatic nitrogens is 1. The summed E-state index contributed by atoms with van der Waals surface area (Å²) < 4.78 is 5.08. The average molecular weight is 327 g/mol. The zero-order valence-electron chi connectivity index (χ0n) is 11.0. The van der Waals surface area contributed by atoms with Gasteiger partial charge in [-0.15, -0.1) is 0 Å². The standard InChI is InChI=1S/C13H12Cl2N4O2/c1-21-8-2-3-9(14)11(5-8)18-13(20)7-4-10(15)12(19-16)17-6-7/h2-6H,16H2,1H3,(H,17,19)(H,18,20). The van der Waals surface area contributed by atoms with Gasteiger partial charge in [0.25, 0.3) is 5.91 Å². The van der Waals surface area contributed by atoms with Gasteiger partial charge < -0.3 is 15.5 Å². The maximum absolute atomic E-state index is 12.2. The van der Waals surface area contributed by atoms with Gasteiger partial charge in [0, 0.05) is 12.3 Å². The van der Waals surface area contributed by atoms with E-state index < -0.39 is 5.91 Å². The maximum atomic E-state index is 12.2. The van der Waals surface area contributed by atoms with Gasteiger partial charge in [-0.25, -0.2) is 10.8 Å². The zero-order chi connectivity index (χ0) is 15.4. The molecule has 0 atom stereocenters. The number of methoxy groups -OCH3 is 1. The van der Waals surface area contributed by atoms with Crippen LogP contribution in [0.1, 0.15) is 10.4 Å². The second-order valence-electron chi connectivity index (χ2n) is 4.00. The number of benzene rings is 1. The number of carbonyl (C=O) groups excluding carboxylic acids is 1. The molecule has 1 aromatic carbocycles. The Hall–Kier alpha value is -2.02. The molecular formula is C13H12Cl2N4O2. The van der Waals surface area contributed by atoms with Gasteiger partial charge in [0.05, 0.1) is 28.4 Å². The van der Waals surface area contributed by atoms with Crippen LogP contribution >= 0.6 is 23.2 Å². The molecule has 0 aliphatic heterocycles. The number of ether oxygens (including phenoxy) is 1. The molecule has 0 radical (unpaired) electrons. The maximum Gasteiger partial charge on any atom is 0.257 e. The van der Waals surface area contributed by atoms with Crippen molar-refractivity contribution in [1.29, 1.82) is 0 Å². The van der Waals surface area contributed by atoms with Gasteiger partial charge in [0.2, 0.25) is 0 Å². The molecule has 0 spiro atoms. The number of amides is 1. The van der Waals surface area contributed by atoms with E-state index in [4.69, 9.17) is 33.8 Å². The number of nitrogens with zero attached hydrogens (tertiary/aromatic N) is 1. The number of nitrogens with two attached hydrogens (primary N) is 1. The third-order valence-electron chi connectivity index (χ3n) is 2.66. The number of hydrogen-bond acceptors (Lipinski definition) is 5. The first-order valence-corrected chi connectivity index (χ1v) is 6.57. The van der Waals surface area contributed by atoms with Crippen LogP contribution in [-0.4, -0.2) is 18.0 Å². The minimum Gasteiger partial charge on any atom is -0.497 e. The first-order chi connectivity index (χ1) is 10.0. The van der Waals surface area contributed by atoms with E-state index in [1.54, 1.807) is 18.2 Å². The fourth-order valence-corrected chi connectivity index (χ4v) is 1.98. The summed E-state index contributed by atoms with van der Waals surface area (Å²) >= 11 is 11.9. The number of pyridine rings is 1. The number of halogens is 2. The number of rotatable bonds is 4. The van der Waals surface area contributed by atoms with Crippen molar-refractivity contribution in [3.63, 3.8) is 0 Å². The van der Waals surface area contributed by atoms with Crippen molar-refractivity contribution in [3.8, 4) is 5.75 Å². The lowest BCUT2D eigenvalue weighted by Crippen LogP contribution is -2.14. The molecule has 2 rings (SSSR count). The van der Waals surface area contributed by atoms with Crippen LogP contribution in [0.25, 0.3) is 0 Å². The topological polar surface area (TPSA) is 89.3 Å². The molecule has 0 saturated carbocycles. The van der Waals surface area contributed by atoms with Crippen LogP contribution in [0.4, 0.5) is 11.5 Å². The molecule has 1 amide bonds. The number of nitrogen functional groups attached to an aromatic ring is 1. The van der Waals surface area contributed by atoms with Crippen molar-refractivity contribution in [2.75, 3.05) is 17.9 Å². The first kappa shape index (κ1) is 15.4. The Morgan fingerprint density at radius 2 is 2.05 bits per heavy atom. The molecule has 0 aliphatic rings. The highest BCUT2D eigenvalue weighted by molar-refractivity contribution is 6.34. The number of anilines is 2. The van der Waals surface area contributed by atoms with E-state index in [2.05, 4.69) is 15.7 Å². The van der Waals surface area contributed by atoms with Gasteiger partial charge in [0.1, 0.15) is 5.75 Å². The van der Waals surface area contributed by atoms with Gasteiger partial charge in [0.15, 0.2) is 5.82 Å². The highest BCUT2D eigenvalue weighted by atomic mass is 35.5. The van der Waals surface area contributed by atoms with Gasteiger partial charge in [-0.3, -0.25) is 4.79 Å². The van der Waals surface area contributed by atoms with E-state index in [0.717, 1.165) is 0 Å². The Balaban J connectivity index is 2.23. The summed E-state index contributed by atoms with van der Waals surface area (Å²) in [6, 6.07) is 6.39. The molecule has 6 nitrogen and oxygen atoms in total. The van der Waals surface area contributed by atoms with E-state index in [1.165, 1.54) is 19.4 Å². The molecule has 0 bridgehead atoms. The SMILES string of the molecule is COc1ccc(Cl)c(NC(=O)c2cnc(NN)c(Cl)c2)c1. The molecule has 8 heteroatoms. The molecule has 0 aliphatic carbocycles. The second kappa shape index (κ2) is 6.62. The summed E-state index contributed by atoms with van der Waals surface area (Å²) in [6.45, 7) is 0. The van der Waals surface area contributed by atoms with E-state index in [0.29, 0.717) is 16.5 Å². The predicted octanol–water partition coefficient (Wildman–Crippen LogP) is 2.93. The van der Waals surface area contributed by atoms with Crippen molar-refractivity contribution in [3.05, 3.63) is 46.1 Å². The van der Waals surface area contributed by atoms with Crippen molar-refractivity contribution < 1.29 is 9.53 Å². The molecule has 110 valence electrons. The van der Waals surface area contributed by atoms with E-state index in [-0.39, 0.29) is 16.4 Å². The lowest BCUT2D eigenvalue weighted by molar-refractivity contribution is 0.102. The fraction of sp³-hybridized carbons (Fsp3) is 0.0769. The third kappa shape index (κ3) is 3.55. The van der Waals surface area contributed by atoms with Crippen molar-refractivity contribution in [1.82, 2.24) is 4.98 Å². The van der Waals surface area contributed by atoms with Gasteiger partial charge in [-0.05, 0) is 18.2 Å². The second-order valence-corrected chi connectivity index (χ2v) is 4.81. The molecule has 0 fully saturated rings. The Labute approximate surface area is 131 Å². The molecular weight excluding hydrogens is 315 g/mol. The summed E-state index contributed by atoms with van der Waals surface area (Å²) in [6.07, 6.45) is 1.35. The molecule has 21 heavy (non-hydrogen) atoms. The largest absolute Gasteiger partial charge is 0.497 e. The van der Waals surface area contributed by atoms with Crippen LogP contribution in [0.3, 0.4) is 0 Å². The average Bonchev–Trinajstić information content (AvgIpc) is 2.49. The van der Waals surface area contributed by atoms with Crippen LogP contribution in [0.2, 0.25) is 10.0 Å². The van der Waals surface area contributed by atoms with Crippen LogP contribution < -0.4 is 21.3 Å². The van der Waals surface area contributed by atoms with Gasteiger partial charge in [-0.1, -0.05) is 23.2 Å². The summed E-state index contributed by atoms with van der Waals surface area (Å²) in [4.78, 5) is 16.1. The van der Waals surface area contributed by atoms with Crippen LogP contribution in [0.5, 0.6) is 5.75 Å². The molecule has 1 aromatic heterocycles. The van der Waals surface area contributed by atoms with Gasteiger partial charge >= 0.3 is 0 Å². The summed E-state index contributed by atoms with van der Waals surface area (Å²) in [5.74, 6) is 5.69. The van der Waals surface area contributed by atoms with Crippen LogP contribution in [0, 0.1) is 0 Å². The lowest BCUT2D eigenvalue weighted by atomic mass is 10.2. The minimum absolute atomic E-state index is 0.238. The highest BCUT2D eigenvalue weighted by Crippen LogP contribution is 2.27. The number of hydrogen-bond donors (Lipinski definition) is 3. The minimum atomic E-state index is -0.400. The van der Waals surface area contributed by atoms with Crippen molar-refractivity contribution in [2.45, 2.75) is 0 Å². The van der Waals surface area contributed by atoms with Crippen molar-refractivity contribution >= 4 is 40.6 Å². The Kier molecular flexibility index (Phi) is 4.85. The van der Waals surface area contributed by atoms with Crippen LogP contribution in [0.15, 0.2) is 30.5 Å². The first-order valence-electron chi connectivity index (χ1n) is 5.82. The number of nitrogens with one attached hydrogen (secondary N) is 2. The van der Waals surface area contributed by atoms with Crippen molar-refractivity contribution in [2.24, 2.45) is 5.84 Å². The molecule has 2 aromatic rings. The summed E-state index contributed by atoms with van der Waals surface area (Å²) in [5, 5.41) is 3.29. The van der Waals surface area contributed by atoms with Crippen LogP contribution in [-0.2, 0) is 0 Å². The summed E-state index contributed by atoms with van der Waals surface area (Å²) in [5.41, 5.74) is 3.03. The summed E-state index contributed by atoms with van der Waals surface area (Å²) in [7, 11) is 1.52. The fourth-order valence-electron chi connectivity index (χ4n) is 1.59. The predicted molar refractivity (Wildman–Crippen MR) is 83.0 cm³/mol. The smallest absolute Gasteiger partial charge is 0.257 e. The number of hydrazine groups is 1. The highest BCUT2D eigenvalue weighted by Gasteiger charge is 2.12. The molecule has 4 N–H and O–H groups in total. The monoisotopic (exact) mass is 326 g/mol. The molecule has 0 unspecified atom stereocenters. The molecule has 0 saturated heterocycles. The molecule has 1 heterocycles. The Morgan fingerprint density at radius 3 is 2.67 bits per heavy atom. The Bertz CT molecular complexity index is 679. The third-order valence-corrected chi connectivity index (χ3v) is 3.28. The zero-order valence-corrected chi connectivity index (χ0v) is 12.5. The van der Waals surface area contributed by atoms with E-state index >= 15 is 0 Å². The van der Waals surface area contributed by atoms with E-state index in [9.17, 15) is 4.79 Å². The lowest BCUT2D eigenvalue weighted by Gasteiger charge is -2.10. The number of carbonyl (C=O) groups is 1. The quantitative estimate of drug-likeness (QED) is 0.593. The van der Waals surface area contributed by atoms with Gasteiger partial charge in [-0.2, -0.15) is 0 Å². The Morgan fingerprint density at radius 1 is 1.29 bits per heavy atom. The van der Waals surface area contributed by atoms with E-state index in [1.807, 2.05) is 0 Å². The normalized spacial score (nSPS) is 10.1.